The molecule has 0 aliphatic carbocycles. The predicted molar refractivity (Wildman–Crippen MR) is 114 cm³/mol. The summed E-state index contributed by atoms with van der Waals surface area (Å²) in [5.74, 6) is 0.647. The molecule has 0 saturated carbocycles. The number of rotatable bonds is 13. The van der Waals surface area contributed by atoms with Crippen LogP contribution in [-0.2, 0) is 9.53 Å². The van der Waals surface area contributed by atoms with Crippen molar-refractivity contribution in [1.82, 2.24) is 0 Å². The third kappa shape index (κ3) is 7.16. The molecule has 0 heterocycles. The van der Waals surface area contributed by atoms with Crippen molar-refractivity contribution in [3.8, 4) is 5.75 Å². The van der Waals surface area contributed by atoms with Crippen LogP contribution in [-0.4, -0.2) is 24.8 Å². The minimum Gasteiger partial charge on any atom is -0.493 e. The van der Waals surface area contributed by atoms with Gasteiger partial charge >= 0.3 is 5.97 Å². The normalized spacial score (nSPS) is 12.1. The lowest BCUT2D eigenvalue weighted by molar-refractivity contribution is -0.140. The van der Waals surface area contributed by atoms with Crippen LogP contribution in [0.15, 0.2) is 36.4 Å². The van der Waals surface area contributed by atoms with E-state index in [4.69, 9.17) is 4.74 Å². The minimum atomic E-state index is -0.536. The molecule has 4 nitrogen and oxygen atoms in total. The number of hydrogen-bond acceptors (Lipinski definition) is 4. The Morgan fingerprint density at radius 2 is 1.71 bits per heavy atom. The first-order chi connectivity index (χ1) is 13.7. The number of aliphatic hydroxyl groups excluding tert-OH is 1. The Bertz CT molecular complexity index is 726. The van der Waals surface area contributed by atoms with Gasteiger partial charge in [0.25, 0.3) is 0 Å². The molecule has 0 fully saturated rings. The van der Waals surface area contributed by atoms with Crippen molar-refractivity contribution in [2.24, 2.45) is 0 Å². The number of unbranched alkanes of at least 4 members (excludes halogenated alkanes) is 5. The summed E-state index contributed by atoms with van der Waals surface area (Å²) in [6.07, 6.45) is 7.69. The van der Waals surface area contributed by atoms with Crippen LogP contribution in [0.25, 0.3) is 10.8 Å². The quantitative estimate of drug-likeness (QED) is 0.341. The Balaban J connectivity index is 1.94. The van der Waals surface area contributed by atoms with Crippen molar-refractivity contribution < 1.29 is 19.4 Å². The smallest absolute Gasteiger partial charge is 0.305 e. The van der Waals surface area contributed by atoms with Crippen LogP contribution < -0.4 is 4.74 Å². The molecule has 1 unspecified atom stereocenters. The number of aliphatic hydroxyl groups is 1. The van der Waals surface area contributed by atoms with Crippen LogP contribution in [0.3, 0.4) is 0 Å². The first-order valence-corrected chi connectivity index (χ1v) is 10.6. The maximum absolute atomic E-state index is 11.1. The third-order valence-corrected chi connectivity index (χ3v) is 5.08. The van der Waals surface area contributed by atoms with Crippen molar-refractivity contribution in [3.05, 3.63) is 42.0 Å². The van der Waals surface area contributed by atoms with Crippen molar-refractivity contribution in [3.63, 3.8) is 0 Å². The molecule has 0 aliphatic rings. The van der Waals surface area contributed by atoms with Crippen molar-refractivity contribution in [1.29, 1.82) is 0 Å². The summed E-state index contributed by atoms with van der Waals surface area (Å²) in [4.78, 5) is 11.1. The average molecular weight is 387 g/mol. The number of fused-ring (bicyclic) bond motifs is 1. The second-order valence-electron chi connectivity index (χ2n) is 7.34. The maximum Gasteiger partial charge on any atom is 0.305 e. The van der Waals surface area contributed by atoms with Gasteiger partial charge in [-0.1, -0.05) is 63.3 Å². The summed E-state index contributed by atoms with van der Waals surface area (Å²) in [6.45, 7) is 2.86. The zero-order chi connectivity index (χ0) is 20.2. The number of esters is 1. The first-order valence-electron chi connectivity index (χ1n) is 10.6. The molecule has 2 rings (SSSR count). The van der Waals surface area contributed by atoms with Crippen molar-refractivity contribution in [2.45, 2.75) is 70.8 Å². The van der Waals surface area contributed by atoms with Gasteiger partial charge in [0.05, 0.1) is 19.8 Å². The highest BCUT2D eigenvalue weighted by molar-refractivity contribution is 5.85. The molecule has 1 N–H and O–H groups in total. The molecule has 2 aromatic rings. The van der Waals surface area contributed by atoms with Crippen molar-refractivity contribution in [2.75, 3.05) is 13.7 Å². The summed E-state index contributed by atoms with van der Waals surface area (Å²) >= 11 is 0. The highest BCUT2D eigenvalue weighted by Crippen LogP contribution is 2.33. The van der Waals surface area contributed by atoms with Crippen LogP contribution in [0.5, 0.6) is 5.75 Å². The molecule has 1 atom stereocenters. The van der Waals surface area contributed by atoms with E-state index in [0.29, 0.717) is 19.4 Å². The molecule has 0 amide bonds. The van der Waals surface area contributed by atoms with Gasteiger partial charge in [-0.2, -0.15) is 0 Å². The van der Waals surface area contributed by atoms with E-state index in [1.807, 2.05) is 12.1 Å². The molecule has 0 saturated heterocycles. The monoisotopic (exact) mass is 386 g/mol. The van der Waals surface area contributed by atoms with E-state index in [0.717, 1.165) is 67.0 Å². The van der Waals surface area contributed by atoms with E-state index in [9.17, 15) is 9.90 Å². The number of carbonyl (C=O) groups excluding carboxylic acids is 1. The Labute approximate surface area is 168 Å². The molecule has 0 aromatic heterocycles. The minimum absolute atomic E-state index is 0.152. The fourth-order valence-corrected chi connectivity index (χ4v) is 3.37. The second-order valence-corrected chi connectivity index (χ2v) is 7.34. The molecule has 154 valence electrons. The zero-order valence-electron chi connectivity index (χ0n) is 17.3. The summed E-state index contributed by atoms with van der Waals surface area (Å²) in [7, 11) is 1.42. The van der Waals surface area contributed by atoms with Crippen LogP contribution in [0.2, 0.25) is 0 Å². The molecular weight excluding hydrogens is 352 g/mol. The molecule has 2 aromatic carbocycles. The van der Waals surface area contributed by atoms with Crippen LogP contribution in [0.1, 0.15) is 76.4 Å². The van der Waals surface area contributed by atoms with Gasteiger partial charge in [0.2, 0.25) is 0 Å². The first kappa shape index (κ1) is 22.2. The Morgan fingerprint density at radius 1 is 1.00 bits per heavy atom. The van der Waals surface area contributed by atoms with Gasteiger partial charge in [0, 0.05) is 12.0 Å². The number of ether oxygens (including phenoxy) is 2. The van der Waals surface area contributed by atoms with E-state index >= 15 is 0 Å². The van der Waals surface area contributed by atoms with Crippen LogP contribution in [0.4, 0.5) is 0 Å². The zero-order valence-corrected chi connectivity index (χ0v) is 17.3. The number of carbonyl (C=O) groups is 1. The fraction of sp³-hybridized carbons (Fsp3) is 0.542. The topological polar surface area (TPSA) is 55.8 Å². The largest absolute Gasteiger partial charge is 0.493 e. The lowest BCUT2D eigenvalue weighted by Gasteiger charge is -2.18. The Hall–Kier alpha value is -2.07. The molecular formula is C24H34O4. The van der Waals surface area contributed by atoms with E-state index in [1.165, 1.54) is 7.11 Å². The third-order valence-electron chi connectivity index (χ3n) is 5.08. The van der Waals surface area contributed by atoms with E-state index < -0.39 is 6.10 Å². The molecule has 4 heteroatoms. The van der Waals surface area contributed by atoms with Gasteiger partial charge < -0.3 is 14.6 Å². The molecule has 28 heavy (non-hydrogen) atoms. The average Bonchev–Trinajstić information content (AvgIpc) is 2.72. The number of hydrogen-bond donors (Lipinski definition) is 1. The van der Waals surface area contributed by atoms with Gasteiger partial charge in [0.15, 0.2) is 0 Å². The van der Waals surface area contributed by atoms with Gasteiger partial charge in [-0.3, -0.25) is 4.79 Å². The van der Waals surface area contributed by atoms with Crippen LogP contribution >= 0.6 is 0 Å². The lowest BCUT2D eigenvalue weighted by Crippen LogP contribution is -2.05. The highest BCUT2D eigenvalue weighted by atomic mass is 16.5. The highest BCUT2D eigenvalue weighted by Gasteiger charge is 2.15. The molecule has 0 radical (unpaired) electrons. The predicted octanol–water partition coefficient (Wildman–Crippen LogP) is 5.96. The molecule has 0 aliphatic heterocycles. The summed E-state index contributed by atoms with van der Waals surface area (Å²) in [6, 6.07) is 12.3. The molecule has 0 spiro atoms. The SMILES string of the molecule is CCCCCOc1cc2ccccc2cc1C(O)CCCCCCC(=O)OC. The fourth-order valence-electron chi connectivity index (χ4n) is 3.37. The van der Waals surface area contributed by atoms with Gasteiger partial charge in [-0.05, 0) is 42.2 Å². The standard InChI is InChI=1S/C24H34O4/c1-3-4-11-16-28-23-18-20-13-10-9-12-19(20)17-21(23)22(25)14-7-5-6-8-15-24(26)27-2/h9-10,12-13,17-18,22,25H,3-8,11,14-16H2,1-2H3. The number of benzene rings is 2. The van der Waals surface area contributed by atoms with Crippen molar-refractivity contribution >= 4 is 16.7 Å². The van der Waals surface area contributed by atoms with Crippen LogP contribution in [0, 0.1) is 0 Å². The van der Waals surface area contributed by atoms with E-state index in [-0.39, 0.29) is 5.97 Å². The summed E-state index contributed by atoms with van der Waals surface area (Å²) in [5, 5.41) is 13.0. The lowest BCUT2D eigenvalue weighted by atomic mass is 9.98. The van der Waals surface area contributed by atoms with Gasteiger partial charge in [0.1, 0.15) is 5.75 Å². The van der Waals surface area contributed by atoms with Gasteiger partial charge in [-0.15, -0.1) is 0 Å². The van der Waals surface area contributed by atoms with E-state index in [1.54, 1.807) is 0 Å². The van der Waals surface area contributed by atoms with Gasteiger partial charge in [-0.25, -0.2) is 0 Å². The number of methoxy groups -OCH3 is 1. The van der Waals surface area contributed by atoms with E-state index in [2.05, 4.69) is 35.9 Å². The Morgan fingerprint density at radius 3 is 2.43 bits per heavy atom. The Kier molecular flexibility index (Phi) is 9.84. The summed E-state index contributed by atoms with van der Waals surface area (Å²) in [5.41, 5.74) is 0.879. The summed E-state index contributed by atoms with van der Waals surface area (Å²) < 4.78 is 10.7. The molecule has 0 bridgehead atoms. The second kappa shape index (κ2) is 12.4. The maximum atomic E-state index is 11.1.